The SMILES string of the molecule is CC\C=C/C=C\C=C/C=C\C=C/CCCC(=O)OC(COC(=O)CC/C=C\C/C=C\C/C=C\C/C=C\C/C=C\C/C=C\CC)COC(=O)CCCC/C=C\C/C=C\C/C=C\CC. The topological polar surface area (TPSA) is 78.9 Å². The number of hydrogen-bond acceptors (Lipinski definition) is 6. The van der Waals surface area contributed by atoms with Crippen molar-refractivity contribution in [3.8, 4) is 0 Å². The van der Waals surface area contributed by atoms with Crippen LogP contribution in [0.5, 0.6) is 0 Å². The first kappa shape index (κ1) is 56.8. The van der Waals surface area contributed by atoms with Gasteiger partial charge in [-0.3, -0.25) is 14.4 Å². The van der Waals surface area contributed by atoms with Crippen LogP contribution in [-0.4, -0.2) is 37.2 Å². The van der Waals surface area contributed by atoms with E-state index >= 15 is 0 Å². The molecule has 0 spiro atoms. The van der Waals surface area contributed by atoms with E-state index in [-0.39, 0.29) is 38.4 Å². The van der Waals surface area contributed by atoms with Gasteiger partial charge >= 0.3 is 17.9 Å². The molecule has 0 rings (SSSR count). The summed E-state index contributed by atoms with van der Waals surface area (Å²) in [5.41, 5.74) is 0. The Morgan fingerprint density at radius 3 is 1.16 bits per heavy atom. The minimum Gasteiger partial charge on any atom is -0.462 e. The van der Waals surface area contributed by atoms with E-state index < -0.39 is 18.0 Å². The first-order chi connectivity index (χ1) is 30.5. The highest BCUT2D eigenvalue weighted by atomic mass is 16.6. The third kappa shape index (κ3) is 45.8. The molecule has 0 aromatic rings. The van der Waals surface area contributed by atoms with Crippen molar-refractivity contribution in [2.75, 3.05) is 13.2 Å². The molecule has 6 heteroatoms. The van der Waals surface area contributed by atoms with Crippen LogP contribution < -0.4 is 0 Å². The molecule has 6 nitrogen and oxygen atoms in total. The molecular formula is C56H80O6. The summed E-state index contributed by atoms with van der Waals surface area (Å²) >= 11 is 0. The molecule has 0 saturated carbocycles. The first-order valence-corrected chi connectivity index (χ1v) is 23.2. The Morgan fingerprint density at radius 2 is 0.694 bits per heavy atom. The Morgan fingerprint density at radius 1 is 0.339 bits per heavy atom. The summed E-state index contributed by atoms with van der Waals surface area (Å²) in [5, 5.41) is 0. The lowest BCUT2D eigenvalue weighted by Gasteiger charge is -2.18. The highest BCUT2D eigenvalue weighted by Gasteiger charge is 2.19. The second-order valence-electron chi connectivity index (χ2n) is 14.3. The van der Waals surface area contributed by atoms with Gasteiger partial charge in [0.1, 0.15) is 13.2 Å². The van der Waals surface area contributed by atoms with Crippen molar-refractivity contribution in [2.24, 2.45) is 0 Å². The number of unbranched alkanes of at least 4 members (excludes halogenated alkanes) is 3. The van der Waals surface area contributed by atoms with Crippen molar-refractivity contribution >= 4 is 17.9 Å². The molecule has 0 aliphatic heterocycles. The maximum Gasteiger partial charge on any atom is 0.306 e. The van der Waals surface area contributed by atoms with E-state index in [0.29, 0.717) is 25.7 Å². The van der Waals surface area contributed by atoms with Gasteiger partial charge in [-0.1, -0.05) is 191 Å². The van der Waals surface area contributed by atoms with E-state index in [0.717, 1.165) is 77.0 Å². The van der Waals surface area contributed by atoms with Gasteiger partial charge in [0, 0.05) is 19.3 Å². The van der Waals surface area contributed by atoms with Gasteiger partial charge in [-0.05, 0) is 103 Å². The normalized spacial score (nSPS) is 13.7. The second-order valence-corrected chi connectivity index (χ2v) is 14.3. The van der Waals surface area contributed by atoms with Crippen LogP contribution in [0.25, 0.3) is 0 Å². The zero-order valence-electron chi connectivity index (χ0n) is 38.5. The van der Waals surface area contributed by atoms with Crippen molar-refractivity contribution in [1.82, 2.24) is 0 Å². The summed E-state index contributed by atoms with van der Waals surface area (Å²) in [5.74, 6) is -1.18. The summed E-state index contributed by atoms with van der Waals surface area (Å²) in [7, 11) is 0. The monoisotopic (exact) mass is 849 g/mol. The zero-order chi connectivity index (χ0) is 45.1. The molecule has 0 aromatic heterocycles. The minimum atomic E-state index is -0.869. The standard InChI is InChI=1S/C56H80O6/c1-4-7-10-13-16-19-22-25-26-27-28-29-30-32-34-37-40-43-46-49-55(58)61-52-53(51-60-54(57)48-45-42-39-36-33-24-21-18-15-12-9-6-3)62-56(59)50-47-44-41-38-35-31-23-20-17-14-11-8-5-2/h7-12,14,16-21,23,25-26,28-29,31-36,38,40-41,43,53H,4-6,13,15,22,24,27,30,37,39,42,44-52H2,1-3H3/b10-7-,11-8-,12-9-,17-14-,19-16-,21-18-,23-20-,26-25-,29-28-,34-32-,35-31-,36-33-,41-38-,43-40-. The van der Waals surface area contributed by atoms with Gasteiger partial charge in [-0.25, -0.2) is 0 Å². The summed E-state index contributed by atoms with van der Waals surface area (Å²) in [6.45, 7) is 6.04. The first-order valence-electron chi connectivity index (χ1n) is 23.2. The molecule has 0 amide bonds. The van der Waals surface area contributed by atoms with E-state index in [1.54, 1.807) is 0 Å². The maximum atomic E-state index is 12.7. The summed E-state index contributed by atoms with van der Waals surface area (Å²) < 4.78 is 16.5. The van der Waals surface area contributed by atoms with Gasteiger partial charge < -0.3 is 14.2 Å². The van der Waals surface area contributed by atoms with Crippen molar-refractivity contribution in [1.29, 1.82) is 0 Å². The highest BCUT2D eigenvalue weighted by molar-refractivity contribution is 5.71. The van der Waals surface area contributed by atoms with Crippen LogP contribution >= 0.6 is 0 Å². The van der Waals surface area contributed by atoms with E-state index in [2.05, 4.69) is 124 Å². The number of carbonyl (C=O) groups is 3. The second kappa shape index (κ2) is 48.4. The lowest BCUT2D eigenvalue weighted by molar-refractivity contribution is -0.166. The number of ether oxygens (including phenoxy) is 3. The van der Waals surface area contributed by atoms with E-state index in [1.807, 2.05) is 66.8 Å². The van der Waals surface area contributed by atoms with E-state index in [9.17, 15) is 14.4 Å². The van der Waals surface area contributed by atoms with Gasteiger partial charge in [0.2, 0.25) is 0 Å². The van der Waals surface area contributed by atoms with Crippen molar-refractivity contribution in [3.63, 3.8) is 0 Å². The van der Waals surface area contributed by atoms with Crippen LogP contribution in [0, 0.1) is 0 Å². The zero-order valence-corrected chi connectivity index (χ0v) is 38.5. The number of esters is 3. The molecule has 0 radical (unpaired) electrons. The molecule has 0 aliphatic carbocycles. The predicted octanol–water partition coefficient (Wildman–Crippen LogP) is 15.2. The van der Waals surface area contributed by atoms with Crippen molar-refractivity contribution in [2.45, 2.75) is 149 Å². The quantitative estimate of drug-likeness (QED) is 0.0202. The number of carbonyl (C=O) groups excluding carboxylic acids is 3. The molecule has 0 saturated heterocycles. The van der Waals surface area contributed by atoms with Crippen LogP contribution in [-0.2, 0) is 28.6 Å². The molecule has 0 aliphatic rings. The van der Waals surface area contributed by atoms with Gasteiger partial charge in [0.15, 0.2) is 6.10 Å². The lowest BCUT2D eigenvalue weighted by atomic mass is 10.2. The highest BCUT2D eigenvalue weighted by Crippen LogP contribution is 2.08. The predicted molar refractivity (Wildman–Crippen MR) is 265 cm³/mol. The maximum absolute atomic E-state index is 12.7. The average molecular weight is 849 g/mol. The Hall–Kier alpha value is -5.23. The summed E-state index contributed by atoms with van der Waals surface area (Å²) in [6.07, 6.45) is 72.2. The van der Waals surface area contributed by atoms with Crippen LogP contribution in [0.15, 0.2) is 170 Å². The molecule has 0 fully saturated rings. The van der Waals surface area contributed by atoms with Gasteiger partial charge in [-0.2, -0.15) is 0 Å². The molecule has 1 unspecified atom stereocenters. The molecule has 0 N–H and O–H groups in total. The fourth-order valence-electron chi connectivity index (χ4n) is 5.21. The molecule has 62 heavy (non-hydrogen) atoms. The molecule has 1 atom stereocenters. The Balaban J connectivity index is 4.69. The number of hydrogen-bond donors (Lipinski definition) is 0. The number of allylic oxidation sites excluding steroid dienone is 28. The fourth-order valence-corrected chi connectivity index (χ4v) is 5.21. The van der Waals surface area contributed by atoms with Crippen LogP contribution in [0.1, 0.15) is 143 Å². The molecule has 0 heterocycles. The summed E-state index contributed by atoms with van der Waals surface area (Å²) in [4.78, 5) is 37.7. The average Bonchev–Trinajstić information content (AvgIpc) is 3.27. The third-order valence-corrected chi connectivity index (χ3v) is 8.59. The molecule has 0 aromatic carbocycles. The van der Waals surface area contributed by atoms with E-state index in [4.69, 9.17) is 14.2 Å². The Labute approximate surface area is 377 Å². The van der Waals surface area contributed by atoms with Crippen LogP contribution in [0.2, 0.25) is 0 Å². The van der Waals surface area contributed by atoms with Crippen LogP contribution in [0.4, 0.5) is 0 Å². The van der Waals surface area contributed by atoms with Gasteiger partial charge in [-0.15, -0.1) is 0 Å². The lowest BCUT2D eigenvalue weighted by Crippen LogP contribution is -2.30. The van der Waals surface area contributed by atoms with E-state index in [1.165, 1.54) is 0 Å². The summed E-state index contributed by atoms with van der Waals surface area (Å²) in [6, 6.07) is 0. The fraction of sp³-hybridized carbons (Fsp3) is 0.446. The van der Waals surface area contributed by atoms with Crippen LogP contribution in [0.3, 0.4) is 0 Å². The molecule has 0 bridgehead atoms. The molecular weight excluding hydrogens is 769 g/mol. The van der Waals surface area contributed by atoms with Crippen molar-refractivity contribution < 1.29 is 28.6 Å². The smallest absolute Gasteiger partial charge is 0.306 e. The Bertz CT molecular complexity index is 1530. The largest absolute Gasteiger partial charge is 0.462 e. The third-order valence-electron chi connectivity index (χ3n) is 8.59. The number of rotatable bonds is 38. The van der Waals surface area contributed by atoms with Gasteiger partial charge in [0.05, 0.1) is 0 Å². The van der Waals surface area contributed by atoms with Gasteiger partial charge in [0.25, 0.3) is 0 Å². The Kier molecular flexibility index (Phi) is 44.4. The van der Waals surface area contributed by atoms with Crippen molar-refractivity contribution in [3.05, 3.63) is 170 Å². The minimum absolute atomic E-state index is 0.160. The molecule has 340 valence electrons.